The molecular weight excluding hydrogens is 340 g/mol. The van der Waals surface area contributed by atoms with E-state index in [4.69, 9.17) is 4.74 Å². The van der Waals surface area contributed by atoms with E-state index in [1.54, 1.807) is 0 Å². The topological polar surface area (TPSA) is 51.2 Å². The van der Waals surface area contributed by atoms with Gasteiger partial charge in [-0.1, -0.05) is 35.0 Å². The fourth-order valence-corrected chi connectivity index (χ4v) is 2.73. The Hall–Kier alpha value is -1.40. The van der Waals surface area contributed by atoms with Gasteiger partial charge >= 0.3 is 6.09 Å². The second kappa shape index (κ2) is 6.85. The highest BCUT2D eigenvalue weighted by atomic mass is 79.9. The number of anilines is 1. The van der Waals surface area contributed by atoms with Gasteiger partial charge in [0, 0.05) is 14.9 Å². The zero-order valence-electron chi connectivity index (χ0n) is 11.3. The summed E-state index contributed by atoms with van der Waals surface area (Å²) in [6.07, 6.45) is 0.344. The van der Waals surface area contributed by atoms with Crippen molar-refractivity contribution in [2.24, 2.45) is 0 Å². The van der Waals surface area contributed by atoms with Crippen LogP contribution in [0.3, 0.4) is 0 Å². The minimum atomic E-state index is -0.456. The highest BCUT2D eigenvalue weighted by molar-refractivity contribution is 9.10. The number of amides is 1. The van der Waals surface area contributed by atoms with E-state index < -0.39 is 6.09 Å². The molecule has 0 fully saturated rings. The van der Waals surface area contributed by atoms with Crippen LogP contribution in [0.5, 0.6) is 0 Å². The van der Waals surface area contributed by atoms with Crippen molar-refractivity contribution in [2.75, 3.05) is 11.9 Å². The van der Waals surface area contributed by atoms with Gasteiger partial charge in [-0.05, 0) is 25.5 Å². The van der Waals surface area contributed by atoms with Gasteiger partial charge in [-0.3, -0.25) is 5.32 Å². The van der Waals surface area contributed by atoms with Gasteiger partial charge in [-0.25, -0.2) is 9.78 Å². The van der Waals surface area contributed by atoms with Gasteiger partial charge < -0.3 is 4.74 Å². The summed E-state index contributed by atoms with van der Waals surface area (Å²) in [5.74, 6) is 0. The summed E-state index contributed by atoms with van der Waals surface area (Å²) < 4.78 is 6.00. The van der Waals surface area contributed by atoms with Crippen molar-refractivity contribution < 1.29 is 9.53 Å². The number of thiazole rings is 1. The van der Waals surface area contributed by atoms with Crippen molar-refractivity contribution in [3.05, 3.63) is 33.6 Å². The zero-order valence-corrected chi connectivity index (χ0v) is 13.7. The van der Waals surface area contributed by atoms with Gasteiger partial charge in [0.2, 0.25) is 0 Å². The first kappa shape index (κ1) is 15.0. The van der Waals surface area contributed by atoms with E-state index in [-0.39, 0.29) is 0 Å². The summed E-state index contributed by atoms with van der Waals surface area (Å²) in [5.41, 5.74) is 1.91. The first-order valence-electron chi connectivity index (χ1n) is 6.27. The van der Waals surface area contributed by atoms with Gasteiger partial charge in [0.15, 0.2) is 5.13 Å². The smallest absolute Gasteiger partial charge is 0.413 e. The summed E-state index contributed by atoms with van der Waals surface area (Å²) in [6.45, 7) is 4.35. The number of rotatable bonds is 4. The van der Waals surface area contributed by atoms with Crippen LogP contribution in [0, 0.1) is 6.92 Å². The molecule has 0 radical (unpaired) electrons. The number of carbonyl (C=O) groups excluding carboxylic acids is 1. The van der Waals surface area contributed by atoms with Crippen molar-refractivity contribution in [2.45, 2.75) is 20.3 Å². The summed E-state index contributed by atoms with van der Waals surface area (Å²) in [7, 11) is 0. The van der Waals surface area contributed by atoms with E-state index in [0.29, 0.717) is 11.7 Å². The SMILES string of the molecule is CCCOC(=O)Nc1nc(-c2ccc(Br)cc2)c(C)s1. The van der Waals surface area contributed by atoms with Gasteiger partial charge in [0.25, 0.3) is 0 Å². The zero-order chi connectivity index (χ0) is 14.5. The minimum absolute atomic E-state index is 0.412. The molecule has 1 heterocycles. The Morgan fingerprint density at radius 1 is 1.40 bits per heavy atom. The molecule has 0 saturated heterocycles. The molecule has 0 aliphatic rings. The van der Waals surface area contributed by atoms with E-state index in [0.717, 1.165) is 27.0 Å². The second-order valence-electron chi connectivity index (χ2n) is 4.19. The predicted molar refractivity (Wildman–Crippen MR) is 85.2 cm³/mol. The molecule has 0 bridgehead atoms. The van der Waals surface area contributed by atoms with Crippen LogP contribution < -0.4 is 5.32 Å². The maximum atomic E-state index is 11.5. The number of halogens is 1. The van der Waals surface area contributed by atoms with Crippen LogP contribution in [0.1, 0.15) is 18.2 Å². The maximum absolute atomic E-state index is 11.5. The van der Waals surface area contributed by atoms with Crippen molar-refractivity contribution in [1.82, 2.24) is 4.98 Å². The highest BCUT2D eigenvalue weighted by Gasteiger charge is 2.12. The van der Waals surface area contributed by atoms with Gasteiger partial charge in [-0.2, -0.15) is 0 Å². The third-order valence-corrected chi connectivity index (χ3v) is 3.98. The largest absolute Gasteiger partial charge is 0.449 e. The first-order valence-corrected chi connectivity index (χ1v) is 7.88. The van der Waals surface area contributed by atoms with Crippen LogP contribution >= 0.6 is 27.3 Å². The number of hydrogen-bond donors (Lipinski definition) is 1. The fourth-order valence-electron chi connectivity index (χ4n) is 1.64. The Morgan fingerprint density at radius 2 is 2.10 bits per heavy atom. The van der Waals surface area contributed by atoms with Crippen LogP contribution in [0.15, 0.2) is 28.7 Å². The molecule has 0 aliphatic carbocycles. The lowest BCUT2D eigenvalue weighted by molar-refractivity contribution is 0.161. The average Bonchev–Trinajstić information content (AvgIpc) is 2.78. The van der Waals surface area contributed by atoms with Crippen molar-refractivity contribution in [3.8, 4) is 11.3 Å². The van der Waals surface area contributed by atoms with Crippen molar-refractivity contribution >= 4 is 38.5 Å². The monoisotopic (exact) mass is 354 g/mol. The van der Waals surface area contributed by atoms with Crippen molar-refractivity contribution in [1.29, 1.82) is 0 Å². The molecule has 20 heavy (non-hydrogen) atoms. The van der Waals surface area contributed by atoms with E-state index in [9.17, 15) is 4.79 Å². The lowest BCUT2D eigenvalue weighted by Crippen LogP contribution is -2.13. The third-order valence-electron chi connectivity index (χ3n) is 2.56. The lowest BCUT2D eigenvalue weighted by Gasteiger charge is -2.02. The molecule has 0 aliphatic heterocycles. The first-order chi connectivity index (χ1) is 9.60. The lowest BCUT2D eigenvalue weighted by atomic mass is 10.1. The fraction of sp³-hybridized carbons (Fsp3) is 0.286. The number of benzene rings is 1. The van der Waals surface area contributed by atoms with Crippen LogP contribution in [-0.4, -0.2) is 17.7 Å². The molecule has 1 aromatic carbocycles. The quantitative estimate of drug-likeness (QED) is 0.854. The van der Waals surface area contributed by atoms with E-state index in [1.165, 1.54) is 11.3 Å². The number of hydrogen-bond acceptors (Lipinski definition) is 4. The number of nitrogens with zero attached hydrogens (tertiary/aromatic N) is 1. The molecule has 2 aromatic rings. The molecular formula is C14H15BrN2O2S. The average molecular weight is 355 g/mol. The molecule has 4 nitrogen and oxygen atoms in total. The van der Waals surface area contributed by atoms with Crippen LogP contribution in [0.4, 0.5) is 9.93 Å². The second-order valence-corrected chi connectivity index (χ2v) is 6.31. The summed E-state index contributed by atoms with van der Waals surface area (Å²) in [4.78, 5) is 17.0. The number of aromatic nitrogens is 1. The maximum Gasteiger partial charge on any atom is 0.413 e. The number of aryl methyl sites for hydroxylation is 1. The summed E-state index contributed by atoms with van der Waals surface area (Å²) in [6, 6.07) is 7.92. The van der Waals surface area contributed by atoms with Gasteiger partial charge in [0.05, 0.1) is 12.3 Å². The molecule has 0 spiro atoms. The van der Waals surface area contributed by atoms with Crippen LogP contribution in [0.25, 0.3) is 11.3 Å². The summed E-state index contributed by atoms with van der Waals surface area (Å²) >= 11 is 4.85. The van der Waals surface area contributed by atoms with Crippen LogP contribution in [0.2, 0.25) is 0 Å². The van der Waals surface area contributed by atoms with Gasteiger partial charge in [-0.15, -0.1) is 11.3 Å². The molecule has 106 valence electrons. The molecule has 1 aromatic heterocycles. The Morgan fingerprint density at radius 3 is 2.75 bits per heavy atom. The number of nitrogens with one attached hydrogen (secondary N) is 1. The molecule has 0 unspecified atom stereocenters. The standard InChI is InChI=1S/C14H15BrN2O2S/c1-3-8-19-14(18)17-13-16-12(9(2)20-13)10-4-6-11(15)7-5-10/h4-7H,3,8H2,1-2H3,(H,16,17,18). The Bertz CT molecular complexity index is 596. The number of carbonyl (C=O) groups is 1. The summed E-state index contributed by atoms with van der Waals surface area (Å²) in [5, 5.41) is 3.21. The normalized spacial score (nSPS) is 10.3. The minimum Gasteiger partial charge on any atom is -0.449 e. The van der Waals surface area contributed by atoms with E-state index in [2.05, 4.69) is 26.2 Å². The number of ether oxygens (including phenoxy) is 1. The molecule has 0 atom stereocenters. The van der Waals surface area contributed by atoms with E-state index >= 15 is 0 Å². The van der Waals surface area contributed by atoms with Crippen molar-refractivity contribution in [3.63, 3.8) is 0 Å². The predicted octanol–water partition coefficient (Wildman–Crippen LogP) is 4.84. The van der Waals surface area contributed by atoms with Gasteiger partial charge in [0.1, 0.15) is 0 Å². The Labute approximate surface area is 130 Å². The van der Waals surface area contributed by atoms with E-state index in [1.807, 2.05) is 38.1 Å². The molecule has 1 N–H and O–H groups in total. The van der Waals surface area contributed by atoms with Crippen LogP contribution in [-0.2, 0) is 4.74 Å². The molecule has 6 heteroatoms. The Balaban J connectivity index is 2.13. The Kier molecular flexibility index (Phi) is 5.14. The molecule has 2 rings (SSSR count). The highest BCUT2D eigenvalue weighted by Crippen LogP contribution is 2.31. The third kappa shape index (κ3) is 3.80. The molecule has 1 amide bonds. The molecule has 0 saturated carbocycles.